The van der Waals surface area contributed by atoms with Crippen molar-refractivity contribution in [1.29, 1.82) is 0 Å². The summed E-state index contributed by atoms with van der Waals surface area (Å²) in [4.78, 5) is 13.2. The fraction of sp³-hybridized carbons (Fsp3) is 0.731. The summed E-state index contributed by atoms with van der Waals surface area (Å²) >= 11 is 0. The van der Waals surface area contributed by atoms with E-state index in [1.165, 1.54) is 0 Å². The van der Waals surface area contributed by atoms with E-state index in [0.717, 1.165) is 12.0 Å². The molecule has 1 saturated heterocycles. The van der Waals surface area contributed by atoms with Crippen molar-refractivity contribution in [3.8, 4) is 0 Å². The highest BCUT2D eigenvalue weighted by molar-refractivity contribution is 5.83. The zero-order valence-electron chi connectivity index (χ0n) is 20.3. The number of ketones is 1. The molecule has 1 aromatic carbocycles. The lowest BCUT2D eigenvalue weighted by Crippen LogP contribution is -2.55. The van der Waals surface area contributed by atoms with Gasteiger partial charge in [-0.3, -0.25) is 4.79 Å². The molecule has 1 heterocycles. The highest BCUT2D eigenvalue weighted by Gasteiger charge is 2.45. The molecule has 1 aromatic rings. The average molecular weight is 435 g/mol. The first-order valence-corrected chi connectivity index (χ1v) is 11.8. The molecule has 1 N–H and O–H groups in total. The number of hydrogen-bond acceptors (Lipinski definition) is 5. The third-order valence-electron chi connectivity index (χ3n) is 6.60. The van der Waals surface area contributed by atoms with Gasteiger partial charge in [-0.25, -0.2) is 0 Å². The van der Waals surface area contributed by atoms with Crippen LogP contribution in [0.1, 0.15) is 66.9 Å². The molecule has 1 aliphatic heterocycles. The van der Waals surface area contributed by atoms with Gasteiger partial charge in [0, 0.05) is 23.7 Å². The second kappa shape index (κ2) is 11.6. The number of aliphatic hydroxyl groups is 1. The van der Waals surface area contributed by atoms with Crippen LogP contribution in [0, 0.1) is 23.7 Å². The summed E-state index contributed by atoms with van der Waals surface area (Å²) in [5.41, 5.74) is 1.08. The van der Waals surface area contributed by atoms with Gasteiger partial charge in [-0.2, -0.15) is 0 Å². The maximum absolute atomic E-state index is 13.2. The molecule has 5 heteroatoms. The van der Waals surface area contributed by atoms with Crippen LogP contribution >= 0.6 is 0 Å². The van der Waals surface area contributed by atoms with Crippen LogP contribution in [0.5, 0.6) is 0 Å². The van der Waals surface area contributed by atoms with Crippen molar-refractivity contribution < 1.29 is 24.1 Å². The lowest BCUT2D eigenvalue weighted by atomic mass is 9.77. The minimum atomic E-state index is -0.770. The molecule has 0 spiro atoms. The molecule has 0 bridgehead atoms. The maximum atomic E-state index is 13.2. The Bertz CT molecular complexity index is 674. The second-order valence-electron chi connectivity index (χ2n) is 9.57. The quantitative estimate of drug-likeness (QED) is 0.531. The predicted octanol–water partition coefficient (Wildman–Crippen LogP) is 5.00. The minimum Gasteiger partial charge on any atom is -0.392 e. The Morgan fingerprint density at radius 3 is 2.39 bits per heavy atom. The van der Waals surface area contributed by atoms with E-state index in [1.54, 1.807) is 0 Å². The van der Waals surface area contributed by atoms with Gasteiger partial charge < -0.3 is 19.3 Å². The highest BCUT2D eigenvalue weighted by atomic mass is 16.7. The van der Waals surface area contributed by atoms with Crippen LogP contribution in [0.15, 0.2) is 30.3 Å². The first kappa shape index (κ1) is 26.0. The SMILES string of the molecule is CC[C@H]1OC(C)(C)O[C@@H]([C@H](C)[C@@H](O)[C@@H](CC)C(=O)[C@H](C)COCc2ccccc2)[C@@H]1C. The summed E-state index contributed by atoms with van der Waals surface area (Å²) in [6.07, 6.45) is 0.609. The molecule has 0 radical (unpaired) electrons. The van der Waals surface area contributed by atoms with Gasteiger partial charge in [0.05, 0.1) is 31.5 Å². The summed E-state index contributed by atoms with van der Waals surface area (Å²) in [6.45, 7) is 14.7. The third kappa shape index (κ3) is 6.85. The van der Waals surface area contributed by atoms with E-state index in [-0.39, 0.29) is 35.7 Å². The largest absolute Gasteiger partial charge is 0.392 e. The summed E-state index contributed by atoms with van der Waals surface area (Å²) in [5.74, 6) is -1.40. The normalized spacial score (nSPS) is 27.3. The van der Waals surface area contributed by atoms with Crippen molar-refractivity contribution in [2.75, 3.05) is 6.61 Å². The van der Waals surface area contributed by atoms with Crippen LogP contribution in [0.2, 0.25) is 0 Å². The van der Waals surface area contributed by atoms with E-state index in [9.17, 15) is 9.90 Å². The number of ether oxygens (including phenoxy) is 3. The van der Waals surface area contributed by atoms with Gasteiger partial charge >= 0.3 is 0 Å². The lowest BCUT2D eigenvalue weighted by Gasteiger charge is -2.48. The molecular formula is C26H42O5. The van der Waals surface area contributed by atoms with Crippen molar-refractivity contribution in [3.63, 3.8) is 0 Å². The second-order valence-corrected chi connectivity index (χ2v) is 9.57. The van der Waals surface area contributed by atoms with Crippen LogP contribution in [-0.4, -0.2) is 41.6 Å². The molecule has 31 heavy (non-hydrogen) atoms. The molecule has 0 amide bonds. The van der Waals surface area contributed by atoms with Crippen molar-refractivity contribution in [2.24, 2.45) is 23.7 Å². The van der Waals surface area contributed by atoms with E-state index in [0.29, 0.717) is 19.6 Å². The summed E-state index contributed by atoms with van der Waals surface area (Å²) in [6, 6.07) is 9.93. The lowest BCUT2D eigenvalue weighted by molar-refractivity contribution is -0.331. The Morgan fingerprint density at radius 1 is 1.16 bits per heavy atom. The van der Waals surface area contributed by atoms with Crippen molar-refractivity contribution >= 4 is 5.78 Å². The van der Waals surface area contributed by atoms with Gasteiger partial charge in [-0.05, 0) is 32.3 Å². The van der Waals surface area contributed by atoms with Crippen LogP contribution in [-0.2, 0) is 25.6 Å². The molecule has 0 aliphatic carbocycles. The zero-order chi connectivity index (χ0) is 23.2. The van der Waals surface area contributed by atoms with E-state index in [4.69, 9.17) is 14.2 Å². The highest BCUT2D eigenvalue weighted by Crippen LogP contribution is 2.38. The number of rotatable bonds is 11. The van der Waals surface area contributed by atoms with Crippen molar-refractivity contribution in [1.82, 2.24) is 0 Å². The number of carbonyl (C=O) groups is 1. The zero-order valence-corrected chi connectivity index (χ0v) is 20.3. The van der Waals surface area contributed by atoms with Gasteiger partial charge in [-0.1, -0.05) is 65.0 Å². The molecule has 5 nitrogen and oxygen atoms in total. The van der Waals surface area contributed by atoms with Crippen LogP contribution < -0.4 is 0 Å². The topological polar surface area (TPSA) is 65.0 Å². The molecule has 0 aromatic heterocycles. The molecule has 176 valence electrons. The summed E-state index contributed by atoms with van der Waals surface area (Å²) < 4.78 is 18.1. The molecule has 0 unspecified atom stereocenters. The summed E-state index contributed by atoms with van der Waals surface area (Å²) in [5, 5.41) is 11.2. The first-order chi connectivity index (χ1) is 14.6. The maximum Gasteiger partial charge on any atom is 0.163 e. The molecule has 1 aliphatic rings. The first-order valence-electron chi connectivity index (χ1n) is 11.8. The number of hydrogen-bond donors (Lipinski definition) is 1. The number of carbonyl (C=O) groups excluding carboxylic acids is 1. The summed E-state index contributed by atoms with van der Waals surface area (Å²) in [7, 11) is 0. The molecule has 7 atom stereocenters. The van der Waals surface area contributed by atoms with Gasteiger partial charge in [0.2, 0.25) is 0 Å². The Kier molecular flexibility index (Phi) is 9.68. The molecule has 1 fully saturated rings. The van der Waals surface area contributed by atoms with E-state index in [1.807, 2.05) is 65.0 Å². The van der Waals surface area contributed by atoms with Gasteiger partial charge in [0.1, 0.15) is 5.78 Å². The fourth-order valence-corrected chi connectivity index (χ4v) is 4.73. The van der Waals surface area contributed by atoms with Crippen LogP contribution in [0.4, 0.5) is 0 Å². The Hall–Kier alpha value is -1.27. The van der Waals surface area contributed by atoms with Crippen molar-refractivity contribution in [2.45, 2.75) is 92.0 Å². The predicted molar refractivity (Wildman–Crippen MR) is 123 cm³/mol. The average Bonchev–Trinajstić information content (AvgIpc) is 2.75. The van der Waals surface area contributed by atoms with Gasteiger partial charge in [-0.15, -0.1) is 0 Å². The van der Waals surface area contributed by atoms with Crippen LogP contribution in [0.3, 0.4) is 0 Å². The Balaban J connectivity index is 1.99. The molecule has 0 saturated carbocycles. The third-order valence-corrected chi connectivity index (χ3v) is 6.60. The smallest absolute Gasteiger partial charge is 0.163 e. The Morgan fingerprint density at radius 2 is 1.81 bits per heavy atom. The minimum absolute atomic E-state index is 0.0564. The van der Waals surface area contributed by atoms with E-state index in [2.05, 4.69) is 13.8 Å². The number of aliphatic hydroxyl groups excluding tert-OH is 1. The van der Waals surface area contributed by atoms with Crippen LogP contribution in [0.25, 0.3) is 0 Å². The van der Waals surface area contributed by atoms with E-state index >= 15 is 0 Å². The number of Topliss-reactive ketones (excluding diaryl/α,β-unsaturated/α-hetero) is 1. The van der Waals surface area contributed by atoms with Gasteiger partial charge in [0.15, 0.2) is 5.79 Å². The monoisotopic (exact) mass is 434 g/mol. The Labute approximate surface area is 188 Å². The number of benzene rings is 1. The van der Waals surface area contributed by atoms with Gasteiger partial charge in [0.25, 0.3) is 0 Å². The fourth-order valence-electron chi connectivity index (χ4n) is 4.73. The molecule has 2 rings (SSSR count). The van der Waals surface area contributed by atoms with Crippen molar-refractivity contribution in [3.05, 3.63) is 35.9 Å². The van der Waals surface area contributed by atoms with E-state index < -0.39 is 17.8 Å². The standard InChI is InChI=1S/C26H42O5/c1-8-21(23(27)17(3)15-29-16-20-13-11-10-12-14-20)24(28)19(5)25-18(4)22(9-2)30-26(6,7)31-25/h10-14,17-19,21-22,24-25,28H,8-9,15-16H2,1-7H3/t17-,18-,19-,21+,22-,24-,25-/m1/s1. The molecular weight excluding hydrogens is 392 g/mol.